The standard InChI is InChI=1S/C19H19ClF3N3O2/c1-12(18(28)24-14-7-5-6-13(20)10-14)26(2)11-17(27)25-16-9-4-3-8-15(16)19(21,22)23/h3-10,12H,11H2,1-2H3,(H,24,28)(H,25,27)/t12-/m0/s1. The summed E-state index contributed by atoms with van der Waals surface area (Å²) in [5.74, 6) is -1.05. The molecule has 5 nitrogen and oxygen atoms in total. The first-order valence-corrected chi connectivity index (χ1v) is 8.68. The lowest BCUT2D eigenvalue weighted by molar-refractivity contribution is -0.137. The van der Waals surface area contributed by atoms with Crippen LogP contribution in [0.4, 0.5) is 24.5 Å². The molecular weight excluding hydrogens is 395 g/mol. The quantitative estimate of drug-likeness (QED) is 0.744. The predicted molar refractivity (Wildman–Crippen MR) is 102 cm³/mol. The molecule has 0 unspecified atom stereocenters. The highest BCUT2D eigenvalue weighted by Crippen LogP contribution is 2.34. The summed E-state index contributed by atoms with van der Waals surface area (Å²) >= 11 is 5.87. The molecule has 0 heterocycles. The molecule has 0 aliphatic heterocycles. The number of anilines is 2. The van der Waals surface area contributed by atoms with Gasteiger partial charge in [0, 0.05) is 10.7 Å². The van der Waals surface area contributed by atoms with Crippen LogP contribution in [-0.4, -0.2) is 36.3 Å². The summed E-state index contributed by atoms with van der Waals surface area (Å²) in [6, 6.07) is 10.6. The molecule has 0 bridgehead atoms. The second kappa shape index (κ2) is 9.07. The molecule has 0 saturated heterocycles. The van der Waals surface area contributed by atoms with Crippen LogP contribution in [0.25, 0.3) is 0 Å². The van der Waals surface area contributed by atoms with Gasteiger partial charge in [-0.2, -0.15) is 13.2 Å². The predicted octanol–water partition coefficient (Wildman–Crippen LogP) is 4.26. The fraction of sp³-hybridized carbons (Fsp3) is 0.263. The first-order valence-electron chi connectivity index (χ1n) is 8.30. The van der Waals surface area contributed by atoms with Crippen molar-refractivity contribution in [3.8, 4) is 0 Å². The van der Waals surface area contributed by atoms with Crippen LogP contribution >= 0.6 is 11.6 Å². The van der Waals surface area contributed by atoms with E-state index >= 15 is 0 Å². The van der Waals surface area contributed by atoms with E-state index in [1.807, 2.05) is 0 Å². The molecule has 2 amide bonds. The van der Waals surface area contributed by atoms with Crippen LogP contribution in [0.15, 0.2) is 48.5 Å². The molecule has 2 aromatic carbocycles. The van der Waals surface area contributed by atoms with Gasteiger partial charge in [-0.3, -0.25) is 14.5 Å². The molecule has 0 aliphatic rings. The number of nitrogens with zero attached hydrogens (tertiary/aromatic N) is 1. The first kappa shape index (κ1) is 21.7. The van der Waals surface area contributed by atoms with E-state index in [4.69, 9.17) is 11.6 Å². The summed E-state index contributed by atoms with van der Waals surface area (Å²) in [7, 11) is 1.53. The molecule has 2 N–H and O–H groups in total. The Morgan fingerprint density at radius 1 is 1.11 bits per heavy atom. The van der Waals surface area contributed by atoms with Gasteiger partial charge in [-0.15, -0.1) is 0 Å². The Balaban J connectivity index is 1.97. The van der Waals surface area contributed by atoms with Crippen molar-refractivity contribution < 1.29 is 22.8 Å². The van der Waals surface area contributed by atoms with E-state index in [-0.39, 0.29) is 18.1 Å². The van der Waals surface area contributed by atoms with Crippen molar-refractivity contribution in [3.63, 3.8) is 0 Å². The van der Waals surface area contributed by atoms with E-state index in [0.29, 0.717) is 10.7 Å². The highest BCUT2D eigenvalue weighted by atomic mass is 35.5. The van der Waals surface area contributed by atoms with E-state index in [1.165, 1.54) is 30.1 Å². The van der Waals surface area contributed by atoms with Gasteiger partial charge in [-0.1, -0.05) is 29.8 Å². The van der Waals surface area contributed by atoms with Gasteiger partial charge in [0.25, 0.3) is 0 Å². The maximum Gasteiger partial charge on any atom is 0.418 e. The van der Waals surface area contributed by atoms with Gasteiger partial charge in [-0.25, -0.2) is 0 Å². The first-order chi connectivity index (χ1) is 13.1. The van der Waals surface area contributed by atoms with Crippen molar-refractivity contribution in [2.75, 3.05) is 24.2 Å². The molecule has 1 atom stereocenters. The molecule has 0 aromatic heterocycles. The molecule has 0 fully saturated rings. The lowest BCUT2D eigenvalue weighted by Gasteiger charge is -2.23. The van der Waals surface area contributed by atoms with E-state index in [0.717, 1.165) is 6.07 Å². The Labute approximate surface area is 165 Å². The zero-order chi connectivity index (χ0) is 20.9. The number of carbonyl (C=O) groups excluding carboxylic acids is 2. The zero-order valence-electron chi connectivity index (χ0n) is 15.2. The third kappa shape index (κ3) is 5.97. The largest absolute Gasteiger partial charge is 0.418 e. The maximum atomic E-state index is 13.0. The SMILES string of the molecule is C[C@@H](C(=O)Nc1cccc(Cl)c1)N(C)CC(=O)Nc1ccccc1C(F)(F)F. The van der Waals surface area contributed by atoms with Crippen molar-refractivity contribution in [2.45, 2.75) is 19.1 Å². The Morgan fingerprint density at radius 2 is 1.79 bits per heavy atom. The number of likely N-dealkylation sites (N-methyl/N-ethyl adjacent to an activating group) is 1. The van der Waals surface area contributed by atoms with Gasteiger partial charge in [-0.05, 0) is 44.3 Å². The minimum atomic E-state index is -4.58. The van der Waals surface area contributed by atoms with E-state index < -0.39 is 23.7 Å². The lowest BCUT2D eigenvalue weighted by atomic mass is 10.1. The normalized spacial score (nSPS) is 12.5. The smallest absolute Gasteiger partial charge is 0.325 e. The molecule has 28 heavy (non-hydrogen) atoms. The van der Waals surface area contributed by atoms with Crippen LogP contribution in [0, 0.1) is 0 Å². The van der Waals surface area contributed by atoms with Crippen LogP contribution in [0.5, 0.6) is 0 Å². The highest BCUT2D eigenvalue weighted by Gasteiger charge is 2.33. The number of rotatable bonds is 6. The topological polar surface area (TPSA) is 61.4 Å². The highest BCUT2D eigenvalue weighted by molar-refractivity contribution is 6.30. The van der Waals surface area contributed by atoms with Gasteiger partial charge in [0.2, 0.25) is 11.8 Å². The molecule has 2 aromatic rings. The molecule has 0 radical (unpaired) electrons. The maximum absolute atomic E-state index is 13.0. The summed E-state index contributed by atoms with van der Waals surface area (Å²) in [5, 5.41) is 5.38. The number of carbonyl (C=O) groups is 2. The molecule has 0 spiro atoms. The minimum Gasteiger partial charge on any atom is -0.325 e. The minimum absolute atomic E-state index is 0.268. The Bertz CT molecular complexity index is 858. The van der Waals surface area contributed by atoms with Gasteiger partial charge in [0.15, 0.2) is 0 Å². The van der Waals surface area contributed by atoms with E-state index in [9.17, 15) is 22.8 Å². The third-order valence-corrected chi connectivity index (χ3v) is 4.27. The van der Waals surface area contributed by atoms with Crippen molar-refractivity contribution >= 4 is 34.8 Å². The third-order valence-electron chi connectivity index (χ3n) is 4.03. The summed E-state index contributed by atoms with van der Waals surface area (Å²) in [5.41, 5.74) is -0.761. The second-order valence-electron chi connectivity index (χ2n) is 6.18. The van der Waals surface area contributed by atoms with Gasteiger partial charge in [0.1, 0.15) is 0 Å². The number of halogens is 4. The monoisotopic (exact) mass is 413 g/mol. The molecule has 9 heteroatoms. The van der Waals surface area contributed by atoms with Crippen LogP contribution in [0.1, 0.15) is 12.5 Å². The van der Waals surface area contributed by atoms with Crippen molar-refractivity contribution in [1.82, 2.24) is 4.90 Å². The van der Waals surface area contributed by atoms with Crippen molar-refractivity contribution in [2.24, 2.45) is 0 Å². The molecule has 0 saturated carbocycles. The fourth-order valence-electron chi connectivity index (χ4n) is 2.41. The second-order valence-corrected chi connectivity index (χ2v) is 6.62. The van der Waals surface area contributed by atoms with Crippen molar-refractivity contribution in [1.29, 1.82) is 0 Å². The van der Waals surface area contributed by atoms with Crippen LogP contribution in [0.3, 0.4) is 0 Å². The summed E-state index contributed by atoms with van der Waals surface area (Å²) < 4.78 is 39.0. The number of amides is 2. The molecule has 2 rings (SSSR count). The summed E-state index contributed by atoms with van der Waals surface area (Å²) in [6.07, 6.45) is -4.58. The summed E-state index contributed by atoms with van der Waals surface area (Å²) in [6.45, 7) is 1.31. The Morgan fingerprint density at radius 3 is 2.43 bits per heavy atom. The van der Waals surface area contributed by atoms with Gasteiger partial charge < -0.3 is 10.6 Å². The lowest BCUT2D eigenvalue weighted by Crippen LogP contribution is -2.43. The number of hydrogen-bond acceptors (Lipinski definition) is 3. The Hall–Kier alpha value is -2.58. The molecular formula is C19H19ClF3N3O2. The molecule has 0 aliphatic carbocycles. The van der Waals surface area contributed by atoms with E-state index in [1.54, 1.807) is 31.2 Å². The van der Waals surface area contributed by atoms with Gasteiger partial charge in [0.05, 0.1) is 23.8 Å². The van der Waals surface area contributed by atoms with Crippen molar-refractivity contribution in [3.05, 3.63) is 59.1 Å². The van der Waals surface area contributed by atoms with E-state index in [2.05, 4.69) is 10.6 Å². The number of para-hydroxylation sites is 1. The number of alkyl halides is 3. The average molecular weight is 414 g/mol. The number of nitrogens with one attached hydrogen (secondary N) is 2. The Kier molecular flexibility index (Phi) is 7.04. The zero-order valence-corrected chi connectivity index (χ0v) is 15.9. The molecule has 150 valence electrons. The van der Waals surface area contributed by atoms with Crippen LogP contribution in [-0.2, 0) is 15.8 Å². The van der Waals surface area contributed by atoms with Gasteiger partial charge >= 0.3 is 6.18 Å². The fourth-order valence-corrected chi connectivity index (χ4v) is 2.60. The summed E-state index contributed by atoms with van der Waals surface area (Å²) in [4.78, 5) is 25.9. The number of benzene rings is 2. The number of hydrogen-bond donors (Lipinski definition) is 2. The van der Waals surface area contributed by atoms with Crippen LogP contribution < -0.4 is 10.6 Å². The van der Waals surface area contributed by atoms with Crippen LogP contribution in [0.2, 0.25) is 5.02 Å². The average Bonchev–Trinajstić information content (AvgIpc) is 2.60.